The topological polar surface area (TPSA) is 26.5 Å². The zero-order valence-electron chi connectivity index (χ0n) is 14.0. The lowest BCUT2D eigenvalue weighted by Gasteiger charge is -2.24. The zero-order valence-corrected chi connectivity index (χ0v) is 15.5. The summed E-state index contributed by atoms with van der Waals surface area (Å²) in [5.74, 6) is 1.19. The Morgan fingerprint density at radius 2 is 1.76 bits per heavy atom. The largest absolute Gasteiger partial charge is 0.346 e. The van der Waals surface area contributed by atoms with Gasteiger partial charge < -0.3 is 5.11 Å². The van der Waals surface area contributed by atoms with Gasteiger partial charge in [0.25, 0.3) is 11.6 Å². The first kappa shape index (κ1) is 16.9. The van der Waals surface area contributed by atoms with Crippen molar-refractivity contribution in [1.29, 1.82) is 0 Å². The van der Waals surface area contributed by atoms with E-state index in [1.165, 1.54) is 12.3 Å². The molecule has 1 unspecified atom stereocenters. The summed E-state index contributed by atoms with van der Waals surface area (Å²) in [7, 11) is 0. The first-order valence-electron chi connectivity index (χ1n) is 8.73. The molecule has 1 atom stereocenters. The van der Waals surface area contributed by atoms with Crippen molar-refractivity contribution in [2.24, 2.45) is 0 Å². The van der Waals surface area contributed by atoms with E-state index in [0.717, 1.165) is 37.1 Å². The zero-order chi connectivity index (χ0) is 17.4. The van der Waals surface area contributed by atoms with Gasteiger partial charge >= 0.3 is 0 Å². The van der Waals surface area contributed by atoms with Gasteiger partial charge in [-0.2, -0.15) is 0 Å². The van der Waals surface area contributed by atoms with Crippen LogP contribution in [-0.4, -0.2) is 28.6 Å². The molecule has 0 amide bonds. The van der Waals surface area contributed by atoms with Crippen LogP contribution in [0.1, 0.15) is 31.2 Å². The molecule has 130 valence electrons. The fourth-order valence-electron chi connectivity index (χ4n) is 3.91. The van der Waals surface area contributed by atoms with E-state index in [1.54, 1.807) is 12.1 Å². The number of β-amino-alcohol motifs (C(OH)–C–C–N with tert-alkyl or cyclic N) is 1. The second-order valence-electron chi connectivity index (χ2n) is 6.75. The summed E-state index contributed by atoms with van der Waals surface area (Å²) in [4.78, 5) is 2.24. The highest BCUT2D eigenvalue weighted by atomic mass is 35.5. The quantitative estimate of drug-likeness (QED) is 0.773. The minimum Gasteiger partial charge on any atom is -0.346 e. The average molecular weight is 376 g/mol. The molecule has 0 saturated heterocycles. The van der Waals surface area contributed by atoms with Crippen LogP contribution in [-0.2, 0) is 5.72 Å². The molecule has 2 aliphatic heterocycles. The molecule has 0 aromatic heterocycles. The van der Waals surface area contributed by atoms with Gasteiger partial charge in [-0.05, 0) is 43.5 Å². The highest BCUT2D eigenvalue weighted by Gasteiger charge is 2.52. The second-order valence-corrected chi connectivity index (χ2v) is 7.56. The number of anilines is 1. The van der Waals surface area contributed by atoms with Crippen molar-refractivity contribution in [1.82, 2.24) is 0 Å². The average Bonchev–Trinajstić information content (AvgIpc) is 2.78. The lowest BCUT2D eigenvalue weighted by atomic mass is 10.0. The van der Waals surface area contributed by atoms with Gasteiger partial charge in [0.15, 0.2) is 6.54 Å². The van der Waals surface area contributed by atoms with Crippen LogP contribution in [0.2, 0.25) is 10.0 Å². The Hall–Kier alpha value is -1.55. The molecule has 3 nitrogen and oxygen atoms in total. The van der Waals surface area contributed by atoms with Crippen molar-refractivity contribution >= 4 is 34.7 Å². The second kappa shape index (κ2) is 6.64. The number of aliphatic hydroxyl groups is 1. The summed E-state index contributed by atoms with van der Waals surface area (Å²) >= 11 is 12.3. The Morgan fingerprint density at radius 3 is 2.52 bits per heavy atom. The fourth-order valence-corrected chi connectivity index (χ4v) is 4.21. The molecular formula is C20H21Cl2N2O+. The molecule has 0 saturated carbocycles. The van der Waals surface area contributed by atoms with E-state index in [-0.39, 0.29) is 0 Å². The Labute approximate surface area is 158 Å². The number of amidine groups is 1. The summed E-state index contributed by atoms with van der Waals surface area (Å²) in [5, 5.41) is 12.7. The molecular weight excluding hydrogens is 355 g/mol. The molecule has 0 spiro atoms. The maximum Gasteiger partial charge on any atom is 0.271 e. The molecule has 2 aliphatic rings. The van der Waals surface area contributed by atoms with Gasteiger partial charge in [0.1, 0.15) is 5.69 Å². The van der Waals surface area contributed by atoms with Crippen LogP contribution >= 0.6 is 23.2 Å². The van der Waals surface area contributed by atoms with E-state index >= 15 is 0 Å². The number of para-hydroxylation sites is 1. The minimum atomic E-state index is -1.09. The van der Waals surface area contributed by atoms with Gasteiger partial charge in [0, 0.05) is 12.0 Å². The number of nitrogens with zero attached hydrogens (tertiary/aromatic N) is 2. The lowest BCUT2D eigenvalue weighted by Crippen LogP contribution is -2.41. The van der Waals surface area contributed by atoms with Gasteiger partial charge in [0.05, 0.1) is 16.6 Å². The van der Waals surface area contributed by atoms with Crippen molar-refractivity contribution in [2.75, 3.05) is 18.0 Å². The van der Waals surface area contributed by atoms with E-state index in [9.17, 15) is 5.11 Å². The molecule has 0 aliphatic carbocycles. The van der Waals surface area contributed by atoms with E-state index in [0.29, 0.717) is 16.6 Å². The Balaban J connectivity index is 1.82. The molecule has 2 aromatic rings. The monoisotopic (exact) mass is 375 g/mol. The van der Waals surface area contributed by atoms with Gasteiger partial charge in [0.2, 0.25) is 0 Å². The number of benzene rings is 2. The van der Waals surface area contributed by atoms with Crippen molar-refractivity contribution < 1.29 is 9.68 Å². The van der Waals surface area contributed by atoms with Crippen LogP contribution < -0.4 is 4.90 Å². The third-order valence-electron chi connectivity index (χ3n) is 5.18. The standard InChI is InChI=1S/C20H21Cl2N2O/c21-17-11-10-15(13-18(17)22)20(25)14-23(16-7-3-1-4-8-16)19-9-5-2-6-12-24(19)20/h1,3-4,7-8,10-11,13,25H,2,5-6,9,12,14H2/q+1. The third kappa shape index (κ3) is 2.95. The number of hydrogen-bond donors (Lipinski definition) is 1. The van der Waals surface area contributed by atoms with Crippen LogP contribution in [0.3, 0.4) is 0 Å². The highest BCUT2D eigenvalue weighted by Crippen LogP contribution is 2.37. The van der Waals surface area contributed by atoms with Crippen LogP contribution in [0, 0.1) is 0 Å². The van der Waals surface area contributed by atoms with E-state index in [2.05, 4.69) is 21.6 Å². The molecule has 0 bridgehead atoms. The van der Waals surface area contributed by atoms with Gasteiger partial charge in [-0.1, -0.05) is 47.5 Å². The predicted octanol–water partition coefficient (Wildman–Crippen LogP) is 4.64. The maximum atomic E-state index is 11.7. The van der Waals surface area contributed by atoms with Crippen molar-refractivity contribution in [3.05, 3.63) is 64.1 Å². The number of hydrogen-bond acceptors (Lipinski definition) is 2. The molecule has 1 N–H and O–H groups in total. The molecule has 0 radical (unpaired) electrons. The summed E-state index contributed by atoms with van der Waals surface area (Å²) in [6, 6.07) is 15.7. The molecule has 2 aromatic carbocycles. The normalized spacial score (nSPS) is 23.6. The minimum absolute atomic E-state index is 0.474. The van der Waals surface area contributed by atoms with Crippen LogP contribution in [0.15, 0.2) is 48.5 Å². The van der Waals surface area contributed by atoms with E-state index < -0.39 is 5.72 Å². The molecule has 2 heterocycles. The van der Waals surface area contributed by atoms with Crippen molar-refractivity contribution in [2.45, 2.75) is 31.4 Å². The number of rotatable bonds is 2. The van der Waals surface area contributed by atoms with Crippen LogP contribution in [0.4, 0.5) is 5.69 Å². The molecule has 25 heavy (non-hydrogen) atoms. The lowest BCUT2D eigenvalue weighted by molar-refractivity contribution is -0.658. The SMILES string of the molecule is OC1(c2ccc(Cl)c(Cl)c2)CN(c2ccccc2)C2=[N+]1CCCCC2. The van der Waals surface area contributed by atoms with E-state index in [4.69, 9.17) is 23.2 Å². The Kier molecular flexibility index (Phi) is 4.48. The third-order valence-corrected chi connectivity index (χ3v) is 5.92. The maximum absolute atomic E-state index is 11.7. The van der Waals surface area contributed by atoms with Gasteiger partial charge in [-0.25, -0.2) is 9.48 Å². The van der Waals surface area contributed by atoms with Gasteiger partial charge in [-0.15, -0.1) is 0 Å². The Morgan fingerprint density at radius 1 is 0.960 bits per heavy atom. The molecule has 5 heteroatoms. The van der Waals surface area contributed by atoms with Crippen LogP contribution in [0.25, 0.3) is 0 Å². The summed E-state index contributed by atoms with van der Waals surface area (Å²) in [6.07, 6.45) is 4.38. The number of halogens is 2. The summed E-state index contributed by atoms with van der Waals surface area (Å²) in [6.45, 7) is 1.33. The fraction of sp³-hybridized carbons (Fsp3) is 0.350. The molecule has 4 rings (SSSR count). The van der Waals surface area contributed by atoms with Crippen molar-refractivity contribution in [3.8, 4) is 0 Å². The smallest absolute Gasteiger partial charge is 0.271 e. The molecule has 0 fully saturated rings. The summed E-state index contributed by atoms with van der Waals surface area (Å²) in [5.41, 5.74) is 0.809. The predicted molar refractivity (Wildman–Crippen MR) is 103 cm³/mol. The van der Waals surface area contributed by atoms with E-state index in [1.807, 2.05) is 24.3 Å². The first-order valence-corrected chi connectivity index (χ1v) is 9.49. The highest BCUT2D eigenvalue weighted by molar-refractivity contribution is 6.42. The summed E-state index contributed by atoms with van der Waals surface area (Å²) < 4.78 is 2.16. The van der Waals surface area contributed by atoms with Crippen LogP contribution in [0.5, 0.6) is 0 Å². The first-order chi connectivity index (χ1) is 12.1. The Bertz CT molecular complexity index is 822. The van der Waals surface area contributed by atoms with Crippen molar-refractivity contribution in [3.63, 3.8) is 0 Å². The van der Waals surface area contributed by atoms with Gasteiger partial charge in [-0.3, -0.25) is 0 Å².